The lowest BCUT2D eigenvalue weighted by atomic mass is 10.0. The van der Waals surface area contributed by atoms with Crippen molar-refractivity contribution in [1.29, 1.82) is 0 Å². The number of halogens is 2. The summed E-state index contributed by atoms with van der Waals surface area (Å²) in [5, 5.41) is 20.2. The Kier molecular flexibility index (Phi) is 3.85. The van der Waals surface area contributed by atoms with Gasteiger partial charge in [-0.05, 0) is 26.0 Å². The fourth-order valence-corrected chi connectivity index (χ4v) is 1.04. The lowest BCUT2D eigenvalue weighted by molar-refractivity contribution is -0.151. The molecule has 7 heteroatoms. The molecular weight excluding hydrogens is 246 g/mol. The summed E-state index contributed by atoms with van der Waals surface area (Å²) in [4.78, 5) is 14.2. The van der Waals surface area contributed by atoms with Crippen LogP contribution in [0.4, 0.5) is 14.6 Å². The second-order valence-electron chi connectivity index (χ2n) is 4.35. The van der Waals surface area contributed by atoms with Crippen LogP contribution in [-0.4, -0.2) is 39.2 Å². The second-order valence-corrected chi connectivity index (χ2v) is 4.35. The molecule has 1 heterocycles. The van der Waals surface area contributed by atoms with E-state index in [1.807, 2.05) is 0 Å². The minimum Gasteiger partial charge on any atom is -0.478 e. The molecule has 3 N–H and O–H groups in total. The van der Waals surface area contributed by atoms with Gasteiger partial charge in [0.1, 0.15) is 11.4 Å². The SMILES string of the molecule is CC(C)(O)C(F)(F)CNc1ccc(C(=O)O)cn1. The van der Waals surface area contributed by atoms with Crippen molar-refractivity contribution >= 4 is 11.8 Å². The van der Waals surface area contributed by atoms with Gasteiger partial charge in [0.25, 0.3) is 5.92 Å². The van der Waals surface area contributed by atoms with Gasteiger partial charge in [0.05, 0.1) is 12.1 Å². The third-order valence-corrected chi connectivity index (χ3v) is 2.40. The van der Waals surface area contributed by atoms with E-state index >= 15 is 0 Å². The van der Waals surface area contributed by atoms with Gasteiger partial charge < -0.3 is 15.5 Å². The van der Waals surface area contributed by atoms with Crippen molar-refractivity contribution in [2.24, 2.45) is 0 Å². The van der Waals surface area contributed by atoms with Crippen molar-refractivity contribution in [3.63, 3.8) is 0 Å². The second kappa shape index (κ2) is 4.85. The van der Waals surface area contributed by atoms with E-state index in [0.29, 0.717) is 0 Å². The van der Waals surface area contributed by atoms with Crippen molar-refractivity contribution < 1.29 is 23.8 Å². The van der Waals surface area contributed by atoms with E-state index in [0.717, 1.165) is 20.0 Å². The molecule has 1 aromatic rings. The van der Waals surface area contributed by atoms with Gasteiger partial charge in [-0.3, -0.25) is 0 Å². The molecule has 1 rings (SSSR count). The molecule has 0 amide bonds. The van der Waals surface area contributed by atoms with Crippen LogP contribution in [0.3, 0.4) is 0 Å². The first-order valence-electron chi connectivity index (χ1n) is 5.17. The number of pyridine rings is 1. The van der Waals surface area contributed by atoms with Gasteiger partial charge in [0, 0.05) is 6.20 Å². The predicted molar refractivity (Wildman–Crippen MR) is 60.9 cm³/mol. The molecule has 0 saturated heterocycles. The van der Waals surface area contributed by atoms with Gasteiger partial charge >= 0.3 is 5.97 Å². The Morgan fingerprint density at radius 3 is 2.44 bits per heavy atom. The topological polar surface area (TPSA) is 82.5 Å². The monoisotopic (exact) mass is 260 g/mol. The molecular formula is C11H14F2N2O3. The minimum atomic E-state index is -3.33. The van der Waals surface area contributed by atoms with Gasteiger partial charge in [-0.1, -0.05) is 0 Å². The Morgan fingerprint density at radius 2 is 2.06 bits per heavy atom. The maximum absolute atomic E-state index is 13.4. The van der Waals surface area contributed by atoms with Crippen LogP contribution in [0.25, 0.3) is 0 Å². The molecule has 0 radical (unpaired) electrons. The zero-order valence-corrected chi connectivity index (χ0v) is 9.94. The van der Waals surface area contributed by atoms with Crippen LogP contribution in [0.5, 0.6) is 0 Å². The number of aromatic carboxylic acids is 1. The number of aliphatic hydroxyl groups is 1. The van der Waals surface area contributed by atoms with Crippen LogP contribution in [-0.2, 0) is 0 Å². The molecule has 0 unspecified atom stereocenters. The molecule has 18 heavy (non-hydrogen) atoms. The van der Waals surface area contributed by atoms with Crippen molar-refractivity contribution in [2.45, 2.75) is 25.4 Å². The maximum atomic E-state index is 13.4. The van der Waals surface area contributed by atoms with Gasteiger partial charge in [0.2, 0.25) is 0 Å². The first-order chi connectivity index (χ1) is 8.13. The van der Waals surface area contributed by atoms with Crippen LogP contribution in [0.2, 0.25) is 0 Å². The third kappa shape index (κ3) is 3.36. The molecule has 0 fully saturated rings. The number of hydrogen-bond donors (Lipinski definition) is 3. The molecule has 0 aliphatic rings. The molecule has 0 atom stereocenters. The van der Waals surface area contributed by atoms with Crippen LogP contribution < -0.4 is 5.32 Å². The molecule has 0 saturated carbocycles. The quantitative estimate of drug-likeness (QED) is 0.749. The van der Waals surface area contributed by atoms with Gasteiger partial charge in [-0.2, -0.15) is 0 Å². The number of nitrogens with zero attached hydrogens (tertiary/aromatic N) is 1. The zero-order chi connectivity index (χ0) is 14.0. The Morgan fingerprint density at radius 1 is 1.44 bits per heavy atom. The number of hydrogen-bond acceptors (Lipinski definition) is 4. The van der Waals surface area contributed by atoms with Gasteiger partial charge in [-0.25, -0.2) is 18.6 Å². The number of carbonyl (C=O) groups is 1. The third-order valence-electron chi connectivity index (χ3n) is 2.40. The number of carboxylic acid groups (broad SMARTS) is 1. The lowest BCUT2D eigenvalue weighted by Gasteiger charge is -2.29. The number of anilines is 1. The number of alkyl halides is 2. The molecule has 0 aliphatic carbocycles. The number of aromatic nitrogens is 1. The molecule has 1 aromatic heterocycles. The van der Waals surface area contributed by atoms with Crippen molar-refractivity contribution in [1.82, 2.24) is 4.98 Å². The molecule has 0 spiro atoms. The van der Waals surface area contributed by atoms with E-state index in [-0.39, 0.29) is 11.4 Å². The first kappa shape index (κ1) is 14.3. The summed E-state index contributed by atoms with van der Waals surface area (Å²) in [5.41, 5.74) is -2.18. The van der Waals surface area contributed by atoms with Gasteiger partial charge in [0.15, 0.2) is 0 Å². The molecule has 0 aliphatic heterocycles. The standard InChI is InChI=1S/C11H14F2N2O3/c1-10(2,18)11(12,13)6-15-8-4-3-7(5-14-8)9(16)17/h3-5,18H,6H2,1-2H3,(H,14,15)(H,16,17). The smallest absolute Gasteiger partial charge is 0.337 e. The van der Waals surface area contributed by atoms with Crippen LogP contribution in [0, 0.1) is 0 Å². The summed E-state index contributed by atoms with van der Waals surface area (Å²) in [6, 6.07) is 2.53. The Hall–Kier alpha value is -1.76. The molecule has 5 nitrogen and oxygen atoms in total. The summed E-state index contributed by atoms with van der Waals surface area (Å²) in [6.07, 6.45) is 1.06. The maximum Gasteiger partial charge on any atom is 0.337 e. The Balaban J connectivity index is 2.67. The molecule has 0 bridgehead atoms. The summed E-state index contributed by atoms with van der Waals surface area (Å²) >= 11 is 0. The fourth-order valence-electron chi connectivity index (χ4n) is 1.04. The molecule has 0 aromatic carbocycles. The Bertz CT molecular complexity index is 427. The predicted octanol–water partition coefficient (Wildman–Crippen LogP) is 1.60. The number of carboxylic acids is 1. The van der Waals surface area contributed by atoms with E-state index in [9.17, 15) is 18.7 Å². The van der Waals surface area contributed by atoms with E-state index in [1.54, 1.807) is 0 Å². The highest BCUT2D eigenvalue weighted by Gasteiger charge is 2.45. The number of nitrogens with one attached hydrogen (secondary N) is 1. The first-order valence-corrected chi connectivity index (χ1v) is 5.17. The van der Waals surface area contributed by atoms with E-state index in [1.165, 1.54) is 12.1 Å². The summed E-state index contributed by atoms with van der Waals surface area (Å²) in [5.74, 6) is -4.36. The fraction of sp³-hybridized carbons (Fsp3) is 0.455. The van der Waals surface area contributed by atoms with E-state index in [2.05, 4.69) is 10.3 Å². The average molecular weight is 260 g/mol. The van der Waals surface area contributed by atoms with E-state index < -0.39 is 24.0 Å². The van der Waals surface area contributed by atoms with Crippen molar-refractivity contribution in [3.05, 3.63) is 23.9 Å². The lowest BCUT2D eigenvalue weighted by Crippen LogP contribution is -2.47. The largest absolute Gasteiger partial charge is 0.478 e. The van der Waals surface area contributed by atoms with Crippen molar-refractivity contribution in [2.75, 3.05) is 11.9 Å². The van der Waals surface area contributed by atoms with Gasteiger partial charge in [-0.15, -0.1) is 0 Å². The average Bonchev–Trinajstić information content (AvgIpc) is 2.25. The minimum absolute atomic E-state index is 0.0326. The zero-order valence-electron chi connectivity index (χ0n) is 9.94. The normalized spacial score (nSPS) is 12.3. The highest BCUT2D eigenvalue weighted by atomic mass is 19.3. The van der Waals surface area contributed by atoms with Crippen LogP contribution in [0.1, 0.15) is 24.2 Å². The highest BCUT2D eigenvalue weighted by molar-refractivity contribution is 5.87. The van der Waals surface area contributed by atoms with Crippen LogP contribution >= 0.6 is 0 Å². The van der Waals surface area contributed by atoms with E-state index in [4.69, 9.17) is 5.11 Å². The van der Waals surface area contributed by atoms with Crippen molar-refractivity contribution in [3.8, 4) is 0 Å². The highest BCUT2D eigenvalue weighted by Crippen LogP contribution is 2.28. The summed E-state index contributed by atoms with van der Waals surface area (Å²) in [6.45, 7) is 1.22. The summed E-state index contributed by atoms with van der Waals surface area (Å²) < 4.78 is 26.8. The number of rotatable bonds is 5. The Labute approximate surface area is 102 Å². The molecule has 100 valence electrons. The van der Waals surface area contributed by atoms with Crippen LogP contribution in [0.15, 0.2) is 18.3 Å². The summed E-state index contributed by atoms with van der Waals surface area (Å²) in [7, 11) is 0.